The van der Waals surface area contributed by atoms with Crippen LogP contribution in [-0.4, -0.2) is 35.9 Å². The fourth-order valence-electron chi connectivity index (χ4n) is 2.60. The van der Waals surface area contributed by atoms with Gasteiger partial charge in [-0.1, -0.05) is 6.92 Å². The smallest absolute Gasteiger partial charge is 0.323 e. The molecular weight excluding hydrogens is 194 g/mol. The highest BCUT2D eigenvalue weighted by atomic mass is 16.5. The third-order valence-electron chi connectivity index (χ3n) is 3.25. The zero-order chi connectivity index (χ0) is 11.6. The Bertz CT molecular complexity index is 230. The molecule has 0 saturated carbocycles. The van der Waals surface area contributed by atoms with Crippen molar-refractivity contribution in [2.75, 3.05) is 6.61 Å². The largest absolute Gasteiger partial charge is 0.465 e. The first-order chi connectivity index (χ1) is 6.99. The van der Waals surface area contributed by atoms with Crippen molar-refractivity contribution in [3.05, 3.63) is 0 Å². The van der Waals surface area contributed by atoms with Gasteiger partial charge in [-0.25, -0.2) is 0 Å². The van der Waals surface area contributed by atoms with Crippen LogP contribution in [0.4, 0.5) is 0 Å². The van der Waals surface area contributed by atoms with E-state index in [0.717, 1.165) is 0 Å². The number of esters is 1. The van der Waals surface area contributed by atoms with Crippen molar-refractivity contribution in [1.82, 2.24) is 5.32 Å². The van der Waals surface area contributed by atoms with E-state index in [2.05, 4.69) is 5.32 Å². The molecule has 0 amide bonds. The molecule has 4 nitrogen and oxygen atoms in total. The van der Waals surface area contributed by atoms with Crippen LogP contribution in [0.2, 0.25) is 0 Å². The summed E-state index contributed by atoms with van der Waals surface area (Å²) in [6, 6.07) is -0.131. The second kappa shape index (κ2) is 4.94. The lowest BCUT2D eigenvalue weighted by atomic mass is 9.85. The van der Waals surface area contributed by atoms with Crippen molar-refractivity contribution >= 4 is 5.97 Å². The van der Waals surface area contributed by atoms with Crippen LogP contribution in [0.5, 0.6) is 0 Å². The monoisotopic (exact) mass is 215 g/mol. The predicted octanol–water partition coefficient (Wildman–Crippen LogP) is 0.543. The minimum atomic E-state index is -0.401. The van der Waals surface area contributed by atoms with Crippen molar-refractivity contribution in [1.29, 1.82) is 0 Å². The Kier molecular flexibility index (Phi) is 4.11. The van der Waals surface area contributed by atoms with E-state index in [-0.39, 0.29) is 29.9 Å². The fourth-order valence-corrected chi connectivity index (χ4v) is 2.60. The first kappa shape index (κ1) is 12.5. The lowest BCUT2D eigenvalue weighted by Crippen LogP contribution is -2.38. The summed E-state index contributed by atoms with van der Waals surface area (Å²) in [7, 11) is 0. The number of hydrogen-bond donors (Lipinski definition) is 2. The molecule has 4 heteroatoms. The van der Waals surface area contributed by atoms with Gasteiger partial charge in [-0.3, -0.25) is 4.79 Å². The summed E-state index contributed by atoms with van der Waals surface area (Å²) in [5.41, 5.74) is 0. The zero-order valence-corrected chi connectivity index (χ0v) is 9.86. The van der Waals surface area contributed by atoms with Gasteiger partial charge >= 0.3 is 5.97 Å². The van der Waals surface area contributed by atoms with Crippen LogP contribution in [0.1, 0.15) is 27.7 Å². The van der Waals surface area contributed by atoms with E-state index in [4.69, 9.17) is 4.74 Å². The molecule has 0 radical (unpaired) electrons. The molecule has 1 fully saturated rings. The van der Waals surface area contributed by atoms with E-state index in [1.807, 2.05) is 13.8 Å². The van der Waals surface area contributed by atoms with Crippen molar-refractivity contribution in [2.45, 2.75) is 45.9 Å². The number of nitrogens with one attached hydrogen (secondary N) is 1. The second-order valence-electron chi connectivity index (χ2n) is 4.36. The number of aliphatic hydroxyl groups excluding tert-OH is 1. The highest BCUT2D eigenvalue weighted by Gasteiger charge is 2.44. The van der Waals surface area contributed by atoms with Gasteiger partial charge in [-0.15, -0.1) is 0 Å². The van der Waals surface area contributed by atoms with Gasteiger partial charge in [0, 0.05) is 12.0 Å². The van der Waals surface area contributed by atoms with Crippen LogP contribution in [0.15, 0.2) is 0 Å². The van der Waals surface area contributed by atoms with Crippen molar-refractivity contribution < 1.29 is 14.6 Å². The number of carbonyl (C=O) groups is 1. The molecule has 1 aliphatic heterocycles. The van der Waals surface area contributed by atoms with Crippen LogP contribution in [0, 0.1) is 11.8 Å². The Morgan fingerprint density at radius 1 is 1.53 bits per heavy atom. The molecule has 0 aromatic rings. The van der Waals surface area contributed by atoms with Crippen molar-refractivity contribution in [2.24, 2.45) is 11.8 Å². The number of ether oxygens (including phenoxy) is 1. The van der Waals surface area contributed by atoms with E-state index in [1.54, 1.807) is 13.8 Å². The molecule has 1 rings (SSSR count). The number of hydrogen-bond acceptors (Lipinski definition) is 4. The van der Waals surface area contributed by atoms with E-state index < -0.39 is 6.10 Å². The molecule has 0 spiro atoms. The van der Waals surface area contributed by atoms with Crippen LogP contribution in [0.25, 0.3) is 0 Å². The second-order valence-corrected chi connectivity index (χ2v) is 4.36. The lowest BCUT2D eigenvalue weighted by molar-refractivity contribution is -0.146. The van der Waals surface area contributed by atoms with Gasteiger partial charge in [0.05, 0.1) is 12.7 Å². The Hall–Kier alpha value is -0.610. The summed E-state index contributed by atoms with van der Waals surface area (Å²) < 4.78 is 4.99. The minimum Gasteiger partial charge on any atom is -0.465 e. The van der Waals surface area contributed by atoms with Gasteiger partial charge in [0.25, 0.3) is 0 Å². The van der Waals surface area contributed by atoms with Crippen molar-refractivity contribution in [3.63, 3.8) is 0 Å². The normalized spacial score (nSPS) is 37.7. The first-order valence-electron chi connectivity index (χ1n) is 5.59. The van der Waals surface area contributed by atoms with E-state index >= 15 is 0 Å². The number of aliphatic hydroxyl groups is 1. The third kappa shape index (κ3) is 2.49. The molecule has 15 heavy (non-hydrogen) atoms. The standard InChI is InChI=1S/C11H21NO3/c1-5-15-11(14)10-6(2)9(8(4)13)7(3)12-10/h6-10,12-13H,5H2,1-4H3/t6-,7+,8-,9+,10+/m1/s1. The molecule has 0 aromatic carbocycles. The average molecular weight is 215 g/mol. The predicted molar refractivity (Wildman–Crippen MR) is 57.4 cm³/mol. The summed E-state index contributed by atoms with van der Waals surface area (Å²) in [6.45, 7) is 7.94. The summed E-state index contributed by atoms with van der Waals surface area (Å²) in [6.07, 6.45) is -0.401. The molecule has 0 unspecified atom stereocenters. The molecule has 0 aliphatic carbocycles. The van der Waals surface area contributed by atoms with Gasteiger partial charge in [-0.2, -0.15) is 0 Å². The van der Waals surface area contributed by atoms with Crippen LogP contribution in [0.3, 0.4) is 0 Å². The molecular formula is C11H21NO3. The Morgan fingerprint density at radius 3 is 2.53 bits per heavy atom. The van der Waals surface area contributed by atoms with Gasteiger partial charge in [-0.05, 0) is 26.7 Å². The zero-order valence-electron chi connectivity index (χ0n) is 9.86. The Labute approximate surface area is 91.0 Å². The van der Waals surface area contributed by atoms with Gasteiger partial charge in [0.2, 0.25) is 0 Å². The highest BCUT2D eigenvalue weighted by molar-refractivity contribution is 5.76. The van der Waals surface area contributed by atoms with E-state index in [9.17, 15) is 9.90 Å². The molecule has 88 valence electrons. The summed E-state index contributed by atoms with van der Waals surface area (Å²) in [5, 5.41) is 12.8. The van der Waals surface area contributed by atoms with Gasteiger partial charge < -0.3 is 15.2 Å². The Balaban J connectivity index is 2.68. The maximum atomic E-state index is 11.6. The first-order valence-corrected chi connectivity index (χ1v) is 5.59. The SMILES string of the molecule is CCOC(=O)[C@H]1N[C@@H](C)[C@@H]([C@@H](C)O)[C@H]1C. The summed E-state index contributed by atoms with van der Waals surface area (Å²) in [4.78, 5) is 11.6. The summed E-state index contributed by atoms with van der Waals surface area (Å²) >= 11 is 0. The molecule has 2 N–H and O–H groups in total. The van der Waals surface area contributed by atoms with Gasteiger partial charge in [0.15, 0.2) is 0 Å². The van der Waals surface area contributed by atoms with Crippen LogP contribution < -0.4 is 5.32 Å². The third-order valence-corrected chi connectivity index (χ3v) is 3.25. The maximum absolute atomic E-state index is 11.6. The molecule has 1 saturated heterocycles. The van der Waals surface area contributed by atoms with E-state index in [1.165, 1.54) is 0 Å². The topological polar surface area (TPSA) is 58.6 Å². The highest BCUT2D eigenvalue weighted by Crippen LogP contribution is 2.30. The summed E-state index contributed by atoms with van der Waals surface area (Å²) in [5.74, 6) is 0.0125. The Morgan fingerprint density at radius 2 is 2.13 bits per heavy atom. The average Bonchev–Trinajstić information content (AvgIpc) is 2.42. The van der Waals surface area contributed by atoms with Gasteiger partial charge in [0.1, 0.15) is 6.04 Å². The number of carbonyl (C=O) groups excluding carboxylic acids is 1. The molecule has 5 atom stereocenters. The molecule has 0 aromatic heterocycles. The maximum Gasteiger partial charge on any atom is 0.323 e. The molecule has 1 aliphatic rings. The lowest BCUT2D eigenvalue weighted by Gasteiger charge is -2.22. The molecule has 0 bridgehead atoms. The van der Waals surface area contributed by atoms with Crippen molar-refractivity contribution in [3.8, 4) is 0 Å². The van der Waals surface area contributed by atoms with Crippen LogP contribution >= 0.6 is 0 Å². The van der Waals surface area contributed by atoms with Crippen LogP contribution in [-0.2, 0) is 9.53 Å². The van der Waals surface area contributed by atoms with E-state index in [0.29, 0.717) is 6.61 Å². The number of rotatable bonds is 3. The quantitative estimate of drug-likeness (QED) is 0.675. The molecule has 1 heterocycles. The fraction of sp³-hybridized carbons (Fsp3) is 0.909. The minimum absolute atomic E-state index is 0.110.